The minimum Gasteiger partial charge on any atom is -0.383 e. The minimum absolute atomic E-state index is 0.478. The summed E-state index contributed by atoms with van der Waals surface area (Å²) < 4.78 is 0.758. The molecule has 0 aromatic carbocycles. The molecule has 3 N–H and O–H groups in total. The van der Waals surface area contributed by atoms with Crippen molar-refractivity contribution in [1.29, 1.82) is 0 Å². The van der Waals surface area contributed by atoms with Gasteiger partial charge in [-0.1, -0.05) is 6.92 Å². The van der Waals surface area contributed by atoms with Crippen LogP contribution in [0.3, 0.4) is 0 Å². The number of anilines is 2. The van der Waals surface area contributed by atoms with Crippen LogP contribution in [0.2, 0.25) is 0 Å². The van der Waals surface area contributed by atoms with E-state index in [0.29, 0.717) is 5.82 Å². The van der Waals surface area contributed by atoms with Crippen LogP contribution in [0.1, 0.15) is 13.3 Å². The third-order valence-electron chi connectivity index (χ3n) is 2.62. The molecule has 1 aliphatic carbocycles. The van der Waals surface area contributed by atoms with Gasteiger partial charge in [0.05, 0.1) is 0 Å². The first kappa shape index (κ1) is 9.71. The summed E-state index contributed by atoms with van der Waals surface area (Å²) in [7, 11) is 0. The molecule has 14 heavy (non-hydrogen) atoms. The van der Waals surface area contributed by atoms with Crippen LogP contribution in [-0.4, -0.2) is 16.5 Å². The van der Waals surface area contributed by atoms with Crippen LogP contribution in [-0.2, 0) is 0 Å². The highest BCUT2D eigenvalue weighted by Crippen LogP contribution is 2.37. The Morgan fingerprint density at radius 3 is 3.00 bits per heavy atom. The average molecular weight is 257 g/mol. The van der Waals surface area contributed by atoms with Crippen molar-refractivity contribution in [3.8, 4) is 0 Å². The highest BCUT2D eigenvalue weighted by atomic mass is 79.9. The third-order valence-corrected chi connectivity index (χ3v) is 3.41. The van der Waals surface area contributed by atoms with Gasteiger partial charge in [-0.25, -0.2) is 9.97 Å². The monoisotopic (exact) mass is 256 g/mol. The second-order valence-corrected chi connectivity index (χ2v) is 4.57. The van der Waals surface area contributed by atoms with Crippen LogP contribution < -0.4 is 11.1 Å². The van der Waals surface area contributed by atoms with Crippen molar-refractivity contribution in [2.75, 3.05) is 17.6 Å². The number of aromatic nitrogens is 2. The van der Waals surface area contributed by atoms with E-state index in [4.69, 9.17) is 5.73 Å². The second kappa shape index (κ2) is 3.73. The standard InChI is InChI=1S/C9H13BrN4/c1-5-2-6(5)3-12-9-7(10)8(11)13-4-14-9/h4-6H,2-3H2,1H3,(H3,11,12,13,14). The van der Waals surface area contributed by atoms with Gasteiger partial charge in [0.15, 0.2) is 0 Å². The zero-order valence-corrected chi connectivity index (χ0v) is 9.58. The predicted molar refractivity (Wildman–Crippen MR) is 59.9 cm³/mol. The van der Waals surface area contributed by atoms with E-state index < -0.39 is 0 Å². The minimum atomic E-state index is 0.478. The van der Waals surface area contributed by atoms with Crippen molar-refractivity contribution in [2.45, 2.75) is 13.3 Å². The summed E-state index contributed by atoms with van der Waals surface area (Å²) in [5, 5.41) is 3.27. The van der Waals surface area contributed by atoms with E-state index in [-0.39, 0.29) is 0 Å². The maximum atomic E-state index is 5.63. The van der Waals surface area contributed by atoms with Gasteiger partial charge in [-0.05, 0) is 34.2 Å². The Labute approximate surface area is 91.4 Å². The van der Waals surface area contributed by atoms with E-state index in [1.807, 2.05) is 0 Å². The first-order valence-corrected chi connectivity index (χ1v) is 5.47. The van der Waals surface area contributed by atoms with Gasteiger partial charge in [-0.15, -0.1) is 0 Å². The normalized spacial score (nSPS) is 24.7. The van der Waals surface area contributed by atoms with Gasteiger partial charge in [-0.3, -0.25) is 0 Å². The number of hydrogen-bond donors (Lipinski definition) is 2. The van der Waals surface area contributed by atoms with Crippen LogP contribution in [0.4, 0.5) is 11.6 Å². The van der Waals surface area contributed by atoms with E-state index in [1.54, 1.807) is 0 Å². The van der Waals surface area contributed by atoms with Gasteiger partial charge in [0, 0.05) is 6.54 Å². The Bertz CT molecular complexity index is 342. The number of nitrogen functional groups attached to an aromatic ring is 1. The highest BCUT2D eigenvalue weighted by Gasteiger charge is 2.32. The lowest BCUT2D eigenvalue weighted by Gasteiger charge is -2.07. The van der Waals surface area contributed by atoms with Crippen LogP contribution in [0.15, 0.2) is 10.8 Å². The fourth-order valence-electron chi connectivity index (χ4n) is 1.42. The molecule has 0 aliphatic heterocycles. The first-order valence-electron chi connectivity index (χ1n) is 4.68. The summed E-state index contributed by atoms with van der Waals surface area (Å²) in [5.74, 6) is 2.90. The largest absolute Gasteiger partial charge is 0.383 e. The zero-order valence-electron chi connectivity index (χ0n) is 8.00. The summed E-state index contributed by atoms with van der Waals surface area (Å²) in [4.78, 5) is 7.99. The molecule has 0 saturated heterocycles. The van der Waals surface area contributed by atoms with Crippen molar-refractivity contribution < 1.29 is 0 Å². The van der Waals surface area contributed by atoms with Gasteiger partial charge >= 0.3 is 0 Å². The van der Waals surface area contributed by atoms with Crippen LogP contribution in [0, 0.1) is 11.8 Å². The Balaban J connectivity index is 1.98. The smallest absolute Gasteiger partial charge is 0.145 e. The van der Waals surface area contributed by atoms with Crippen molar-refractivity contribution in [1.82, 2.24) is 9.97 Å². The number of nitrogens with one attached hydrogen (secondary N) is 1. The molecule has 2 unspecified atom stereocenters. The molecule has 1 fully saturated rings. The topological polar surface area (TPSA) is 63.8 Å². The summed E-state index contributed by atoms with van der Waals surface area (Å²) in [6, 6.07) is 0. The Morgan fingerprint density at radius 1 is 1.64 bits per heavy atom. The lowest BCUT2D eigenvalue weighted by molar-refractivity contribution is 0.783. The maximum Gasteiger partial charge on any atom is 0.145 e. The zero-order chi connectivity index (χ0) is 10.1. The fraction of sp³-hybridized carbons (Fsp3) is 0.556. The summed E-state index contributed by atoms with van der Waals surface area (Å²) in [6.45, 7) is 3.23. The first-order chi connectivity index (χ1) is 6.68. The van der Waals surface area contributed by atoms with Crippen LogP contribution >= 0.6 is 15.9 Å². The number of nitrogens with two attached hydrogens (primary N) is 1. The maximum absolute atomic E-state index is 5.63. The van der Waals surface area contributed by atoms with Gasteiger partial charge in [-0.2, -0.15) is 0 Å². The van der Waals surface area contributed by atoms with Crippen molar-refractivity contribution in [3.05, 3.63) is 10.8 Å². The summed E-state index contributed by atoms with van der Waals surface area (Å²) in [5.41, 5.74) is 5.63. The Kier molecular flexibility index (Phi) is 2.58. The molecule has 1 heterocycles. The molecule has 5 heteroatoms. The van der Waals surface area contributed by atoms with E-state index in [1.165, 1.54) is 12.7 Å². The van der Waals surface area contributed by atoms with E-state index in [9.17, 15) is 0 Å². The molecule has 0 bridgehead atoms. The number of rotatable bonds is 3. The molecule has 2 rings (SSSR count). The number of hydrogen-bond acceptors (Lipinski definition) is 4. The second-order valence-electron chi connectivity index (χ2n) is 3.78. The molecule has 1 aliphatic rings. The quantitative estimate of drug-likeness (QED) is 0.867. The molecule has 76 valence electrons. The predicted octanol–water partition coefficient (Wildman–Crippen LogP) is 1.89. The lowest BCUT2D eigenvalue weighted by atomic mass is 10.3. The molecule has 4 nitrogen and oxygen atoms in total. The Morgan fingerprint density at radius 2 is 2.36 bits per heavy atom. The highest BCUT2D eigenvalue weighted by molar-refractivity contribution is 9.10. The molecular weight excluding hydrogens is 244 g/mol. The van der Waals surface area contributed by atoms with Gasteiger partial charge in [0.1, 0.15) is 22.4 Å². The molecule has 1 aromatic heterocycles. The average Bonchev–Trinajstić information content (AvgIpc) is 2.85. The number of nitrogens with zero attached hydrogens (tertiary/aromatic N) is 2. The summed E-state index contributed by atoms with van der Waals surface area (Å²) >= 11 is 3.35. The molecule has 1 saturated carbocycles. The van der Waals surface area contributed by atoms with E-state index in [2.05, 4.69) is 38.1 Å². The third kappa shape index (κ3) is 1.97. The van der Waals surface area contributed by atoms with Crippen molar-refractivity contribution in [3.63, 3.8) is 0 Å². The molecule has 2 atom stereocenters. The molecular formula is C9H13BrN4. The van der Waals surface area contributed by atoms with Crippen LogP contribution in [0.25, 0.3) is 0 Å². The van der Waals surface area contributed by atoms with Crippen molar-refractivity contribution >= 4 is 27.6 Å². The fourth-order valence-corrected chi connectivity index (χ4v) is 1.76. The Hall–Kier alpha value is -0.840. The van der Waals surface area contributed by atoms with Crippen LogP contribution in [0.5, 0.6) is 0 Å². The van der Waals surface area contributed by atoms with Gasteiger partial charge < -0.3 is 11.1 Å². The van der Waals surface area contributed by atoms with Gasteiger partial charge in [0.25, 0.3) is 0 Å². The SMILES string of the molecule is CC1CC1CNc1ncnc(N)c1Br. The molecule has 1 aromatic rings. The number of halogens is 1. The summed E-state index contributed by atoms with van der Waals surface area (Å²) in [6.07, 6.45) is 2.78. The van der Waals surface area contributed by atoms with Gasteiger partial charge in [0.2, 0.25) is 0 Å². The van der Waals surface area contributed by atoms with E-state index >= 15 is 0 Å². The molecule has 0 radical (unpaired) electrons. The molecule has 0 amide bonds. The van der Waals surface area contributed by atoms with E-state index in [0.717, 1.165) is 28.7 Å². The molecule has 0 spiro atoms. The lowest BCUT2D eigenvalue weighted by Crippen LogP contribution is -2.08. The van der Waals surface area contributed by atoms with Crippen molar-refractivity contribution in [2.24, 2.45) is 11.8 Å².